The second kappa shape index (κ2) is 11.3. The lowest BCUT2D eigenvalue weighted by molar-refractivity contribution is 0.400. The summed E-state index contributed by atoms with van der Waals surface area (Å²) in [5, 5.41) is 0. The molecule has 0 spiro atoms. The Morgan fingerprint density at radius 2 is 1.23 bits per heavy atom. The predicted molar refractivity (Wildman–Crippen MR) is 58.6 cm³/mol. The van der Waals surface area contributed by atoms with Crippen molar-refractivity contribution in [3.63, 3.8) is 0 Å². The van der Waals surface area contributed by atoms with E-state index in [0.29, 0.717) is 0 Å². The summed E-state index contributed by atoms with van der Waals surface area (Å²) < 4.78 is 5.01. The van der Waals surface area contributed by atoms with Gasteiger partial charge in [-0.05, 0) is 25.0 Å². The van der Waals surface area contributed by atoms with Gasteiger partial charge in [-0.25, -0.2) is 0 Å². The van der Waals surface area contributed by atoms with Crippen LogP contribution in [0.5, 0.6) is 0 Å². The number of allylic oxidation sites excluding steroid dienone is 4. The molecule has 0 amide bonds. The second-order valence-corrected chi connectivity index (χ2v) is 2.58. The maximum atomic E-state index is 5.31. The quantitative estimate of drug-likeness (QED) is 0.604. The average Bonchev–Trinajstić information content (AvgIpc) is 2.16. The lowest BCUT2D eigenvalue weighted by Crippen LogP contribution is -1.65. The molecule has 0 rings (SSSR count). The molecule has 0 aliphatic rings. The molecule has 0 aromatic rings. The summed E-state index contributed by atoms with van der Waals surface area (Å²) in [6, 6.07) is 0. The van der Waals surface area contributed by atoms with Crippen LogP contribution in [0.3, 0.4) is 0 Å². The van der Waals surface area contributed by atoms with Crippen molar-refractivity contribution in [3.05, 3.63) is 47.9 Å². The third-order valence-corrected chi connectivity index (χ3v) is 1.43. The van der Waals surface area contributed by atoms with E-state index in [1.165, 1.54) is 11.1 Å². The fourth-order valence-corrected chi connectivity index (χ4v) is 0.733. The van der Waals surface area contributed by atoms with Gasteiger partial charge in [-0.1, -0.05) is 35.4 Å². The van der Waals surface area contributed by atoms with Gasteiger partial charge in [-0.15, -0.1) is 0 Å². The van der Waals surface area contributed by atoms with Gasteiger partial charge >= 0.3 is 0 Å². The van der Waals surface area contributed by atoms with Gasteiger partial charge in [0.05, 0.1) is 12.5 Å². The molecule has 0 aromatic heterocycles. The SMILES string of the molecule is ClC=CCC=COC=CCC=CCl. The predicted octanol–water partition coefficient (Wildman–Crippen LogP) is 4.32. The van der Waals surface area contributed by atoms with Crippen LogP contribution in [-0.2, 0) is 4.74 Å². The Kier molecular flexibility index (Phi) is 10.8. The molecule has 13 heavy (non-hydrogen) atoms. The maximum absolute atomic E-state index is 5.31. The van der Waals surface area contributed by atoms with Crippen LogP contribution in [-0.4, -0.2) is 0 Å². The van der Waals surface area contributed by atoms with Crippen molar-refractivity contribution >= 4 is 23.2 Å². The topological polar surface area (TPSA) is 9.23 Å². The van der Waals surface area contributed by atoms with E-state index < -0.39 is 0 Å². The summed E-state index contributed by atoms with van der Waals surface area (Å²) in [7, 11) is 0. The van der Waals surface area contributed by atoms with Crippen LogP contribution in [0.15, 0.2) is 47.9 Å². The van der Waals surface area contributed by atoms with Gasteiger partial charge in [0.15, 0.2) is 0 Å². The van der Waals surface area contributed by atoms with Crippen LogP contribution < -0.4 is 0 Å². The Labute approximate surface area is 89.0 Å². The van der Waals surface area contributed by atoms with Crippen molar-refractivity contribution in [2.75, 3.05) is 0 Å². The van der Waals surface area contributed by atoms with Crippen molar-refractivity contribution < 1.29 is 4.74 Å². The first-order valence-corrected chi connectivity index (χ1v) is 4.75. The Morgan fingerprint density at radius 1 is 0.769 bits per heavy atom. The summed E-state index contributed by atoms with van der Waals surface area (Å²) in [5.41, 5.74) is 2.96. The molecular weight excluding hydrogens is 207 g/mol. The van der Waals surface area contributed by atoms with Crippen LogP contribution >= 0.6 is 23.2 Å². The highest BCUT2D eigenvalue weighted by atomic mass is 35.5. The van der Waals surface area contributed by atoms with Crippen molar-refractivity contribution in [3.8, 4) is 0 Å². The monoisotopic (exact) mass is 218 g/mol. The third-order valence-electron chi connectivity index (χ3n) is 1.07. The van der Waals surface area contributed by atoms with E-state index in [9.17, 15) is 0 Å². The number of halogens is 2. The minimum atomic E-state index is 0.777. The summed E-state index contributed by atoms with van der Waals surface area (Å²) in [5.74, 6) is 0. The van der Waals surface area contributed by atoms with Gasteiger partial charge in [0, 0.05) is 11.1 Å². The molecule has 72 valence electrons. The standard InChI is InChI=1S/C10H12Cl2O/c11-7-3-1-5-9-13-10-6-2-4-8-12/h3-10H,1-2H2. The zero-order chi connectivity index (χ0) is 9.78. The molecule has 0 radical (unpaired) electrons. The molecule has 0 unspecified atom stereocenters. The van der Waals surface area contributed by atoms with Crippen molar-refractivity contribution in [1.82, 2.24) is 0 Å². The number of rotatable bonds is 6. The lowest BCUT2D eigenvalue weighted by atomic mass is 10.4. The summed E-state index contributed by atoms with van der Waals surface area (Å²) >= 11 is 10.6. The van der Waals surface area contributed by atoms with Crippen molar-refractivity contribution in [2.24, 2.45) is 0 Å². The molecule has 1 nitrogen and oxygen atoms in total. The lowest BCUT2D eigenvalue weighted by Gasteiger charge is -1.87. The largest absolute Gasteiger partial charge is 0.473 e. The van der Waals surface area contributed by atoms with Gasteiger partial charge in [-0.2, -0.15) is 0 Å². The molecule has 3 heteroatoms. The Balaban J connectivity index is 3.32. The summed E-state index contributed by atoms with van der Waals surface area (Å²) in [6.45, 7) is 0. The molecule has 0 fully saturated rings. The molecule has 0 aliphatic carbocycles. The molecule has 0 aliphatic heterocycles. The van der Waals surface area contributed by atoms with Crippen molar-refractivity contribution in [1.29, 1.82) is 0 Å². The Hall–Kier alpha value is -0.660. The van der Waals surface area contributed by atoms with Crippen LogP contribution in [0.1, 0.15) is 12.8 Å². The highest BCUT2D eigenvalue weighted by Crippen LogP contribution is 1.91. The number of hydrogen-bond donors (Lipinski definition) is 0. The average molecular weight is 219 g/mol. The molecule has 0 heterocycles. The first kappa shape index (κ1) is 12.3. The zero-order valence-electron chi connectivity index (χ0n) is 7.20. The van der Waals surface area contributed by atoms with Crippen LogP contribution in [0.2, 0.25) is 0 Å². The van der Waals surface area contributed by atoms with E-state index in [2.05, 4.69) is 0 Å². The number of hydrogen-bond acceptors (Lipinski definition) is 1. The summed E-state index contributed by atoms with van der Waals surface area (Å²) in [4.78, 5) is 0. The van der Waals surface area contributed by atoms with Gasteiger partial charge in [-0.3, -0.25) is 0 Å². The molecule has 0 saturated carbocycles. The van der Waals surface area contributed by atoms with Gasteiger partial charge in [0.25, 0.3) is 0 Å². The van der Waals surface area contributed by atoms with E-state index >= 15 is 0 Å². The molecular formula is C10H12Cl2O. The Bertz CT molecular complexity index is 183. The molecule has 0 aromatic carbocycles. The third kappa shape index (κ3) is 11.3. The minimum Gasteiger partial charge on any atom is -0.473 e. The Morgan fingerprint density at radius 3 is 1.62 bits per heavy atom. The zero-order valence-corrected chi connectivity index (χ0v) is 8.71. The molecule has 0 saturated heterocycles. The molecule has 0 N–H and O–H groups in total. The second-order valence-electron chi connectivity index (χ2n) is 2.07. The van der Waals surface area contributed by atoms with E-state index in [-0.39, 0.29) is 0 Å². The van der Waals surface area contributed by atoms with Crippen LogP contribution in [0, 0.1) is 0 Å². The summed E-state index contributed by atoms with van der Waals surface area (Å²) in [6.07, 6.45) is 12.1. The smallest absolute Gasteiger partial charge is 0.0864 e. The number of ether oxygens (including phenoxy) is 1. The van der Waals surface area contributed by atoms with E-state index in [1.54, 1.807) is 12.5 Å². The maximum Gasteiger partial charge on any atom is 0.0864 e. The first-order chi connectivity index (χ1) is 6.41. The molecule has 0 atom stereocenters. The van der Waals surface area contributed by atoms with Gasteiger partial charge in [0.2, 0.25) is 0 Å². The highest BCUT2D eigenvalue weighted by Gasteiger charge is 1.71. The van der Waals surface area contributed by atoms with Gasteiger partial charge < -0.3 is 4.74 Å². The van der Waals surface area contributed by atoms with Crippen molar-refractivity contribution in [2.45, 2.75) is 12.8 Å². The van der Waals surface area contributed by atoms with E-state index in [0.717, 1.165) is 12.8 Å². The first-order valence-electron chi connectivity index (χ1n) is 3.87. The molecule has 0 bridgehead atoms. The highest BCUT2D eigenvalue weighted by molar-refractivity contribution is 6.25. The fraction of sp³-hybridized carbons (Fsp3) is 0.200. The van der Waals surface area contributed by atoms with Crippen LogP contribution in [0.4, 0.5) is 0 Å². The van der Waals surface area contributed by atoms with E-state index in [1.807, 2.05) is 24.3 Å². The van der Waals surface area contributed by atoms with E-state index in [4.69, 9.17) is 27.9 Å². The van der Waals surface area contributed by atoms with Crippen LogP contribution in [0.25, 0.3) is 0 Å². The minimum absolute atomic E-state index is 0.777. The fourth-order valence-electron chi connectivity index (χ4n) is 0.528. The van der Waals surface area contributed by atoms with Gasteiger partial charge in [0.1, 0.15) is 0 Å². The normalized spacial score (nSPS) is 12.8.